The van der Waals surface area contributed by atoms with Gasteiger partial charge in [-0.15, -0.1) is 0 Å². The molecule has 4 fully saturated rings. The Kier molecular flexibility index (Phi) is 5.62. The van der Waals surface area contributed by atoms with Crippen molar-refractivity contribution in [3.8, 4) is 0 Å². The normalized spacial score (nSPS) is 31.7. The zero-order valence-electron chi connectivity index (χ0n) is 18.7. The van der Waals surface area contributed by atoms with E-state index in [1.54, 1.807) is 0 Å². The van der Waals surface area contributed by atoms with Crippen LogP contribution in [0.4, 0.5) is 26.3 Å². The second-order valence-electron chi connectivity index (χ2n) is 10.7. The van der Waals surface area contributed by atoms with Crippen LogP contribution in [0.5, 0.6) is 0 Å². The molecule has 184 valence electrons. The third kappa shape index (κ3) is 3.94. The second kappa shape index (κ2) is 7.62. The number of rotatable bonds is 5. The highest BCUT2D eigenvalue weighted by atomic mass is 19.4. The van der Waals surface area contributed by atoms with E-state index in [1.165, 1.54) is 5.56 Å². The number of alkyl halides is 6. The van der Waals surface area contributed by atoms with Gasteiger partial charge in [0.1, 0.15) is 0 Å². The van der Waals surface area contributed by atoms with Gasteiger partial charge in [0, 0.05) is 13.0 Å². The highest BCUT2D eigenvalue weighted by molar-refractivity contribution is 5.83. The van der Waals surface area contributed by atoms with Crippen molar-refractivity contribution in [2.45, 2.75) is 82.2 Å². The molecule has 2 unspecified atom stereocenters. The van der Waals surface area contributed by atoms with Crippen LogP contribution in [0.25, 0.3) is 0 Å². The number of hydrogen-bond acceptors (Lipinski definition) is 2. The van der Waals surface area contributed by atoms with Gasteiger partial charge in [-0.25, -0.2) is 0 Å². The fourth-order valence-corrected chi connectivity index (χ4v) is 6.93. The molecule has 4 aliphatic carbocycles. The molecule has 0 heterocycles. The Balaban J connectivity index is 1.53. The van der Waals surface area contributed by atoms with Crippen LogP contribution in [-0.4, -0.2) is 35.5 Å². The summed E-state index contributed by atoms with van der Waals surface area (Å²) < 4.78 is 77.7. The van der Waals surface area contributed by atoms with Crippen molar-refractivity contribution in [1.82, 2.24) is 5.32 Å². The summed E-state index contributed by atoms with van der Waals surface area (Å²) in [4.78, 5) is 13.2. The van der Waals surface area contributed by atoms with E-state index in [0.29, 0.717) is 31.1 Å². The van der Waals surface area contributed by atoms with Gasteiger partial charge in [-0.1, -0.05) is 18.2 Å². The van der Waals surface area contributed by atoms with E-state index >= 15 is 0 Å². The summed E-state index contributed by atoms with van der Waals surface area (Å²) in [5.74, 6) is 0.123. The molecular formula is C24H29F6NO2. The molecule has 1 amide bonds. The molecule has 2 N–H and O–H groups in total. The first-order valence-corrected chi connectivity index (χ1v) is 11.3. The minimum atomic E-state index is -5.88. The topological polar surface area (TPSA) is 49.3 Å². The van der Waals surface area contributed by atoms with Crippen LogP contribution in [0.2, 0.25) is 0 Å². The van der Waals surface area contributed by atoms with Gasteiger partial charge in [0.15, 0.2) is 0 Å². The van der Waals surface area contributed by atoms with Gasteiger partial charge >= 0.3 is 12.4 Å². The molecule has 4 saturated carbocycles. The smallest absolute Gasteiger partial charge is 0.374 e. The highest BCUT2D eigenvalue weighted by Gasteiger charge is 2.70. The lowest BCUT2D eigenvalue weighted by atomic mass is 9.42. The third-order valence-corrected chi connectivity index (χ3v) is 8.37. The molecular weight excluding hydrogens is 448 g/mol. The predicted molar refractivity (Wildman–Crippen MR) is 109 cm³/mol. The van der Waals surface area contributed by atoms with Crippen molar-refractivity contribution in [1.29, 1.82) is 0 Å². The van der Waals surface area contributed by atoms with Gasteiger partial charge in [0.25, 0.3) is 5.60 Å². The molecule has 2 atom stereocenters. The molecule has 33 heavy (non-hydrogen) atoms. The minimum absolute atomic E-state index is 0.196. The average molecular weight is 477 g/mol. The molecule has 1 aromatic carbocycles. The summed E-state index contributed by atoms with van der Waals surface area (Å²) >= 11 is 0. The number of carbonyl (C=O) groups excluding carboxylic acids is 1. The Morgan fingerprint density at radius 1 is 1.00 bits per heavy atom. The van der Waals surface area contributed by atoms with Crippen LogP contribution >= 0.6 is 0 Å². The van der Waals surface area contributed by atoms with Gasteiger partial charge in [0.2, 0.25) is 5.91 Å². The van der Waals surface area contributed by atoms with Crippen LogP contribution in [0, 0.1) is 31.1 Å². The number of aliphatic hydroxyl groups is 1. The maximum absolute atomic E-state index is 13.2. The van der Waals surface area contributed by atoms with Crippen molar-refractivity contribution >= 4 is 5.91 Å². The van der Waals surface area contributed by atoms with Crippen molar-refractivity contribution in [2.75, 3.05) is 6.54 Å². The number of hydrogen-bond donors (Lipinski definition) is 2. The van der Waals surface area contributed by atoms with E-state index in [2.05, 4.69) is 23.5 Å². The summed E-state index contributed by atoms with van der Waals surface area (Å²) in [5, 5.41) is 11.7. The van der Waals surface area contributed by atoms with E-state index < -0.39 is 42.2 Å². The van der Waals surface area contributed by atoms with Crippen LogP contribution in [0.1, 0.15) is 61.6 Å². The maximum atomic E-state index is 13.2. The van der Waals surface area contributed by atoms with Crippen LogP contribution in [0.15, 0.2) is 18.2 Å². The van der Waals surface area contributed by atoms with Gasteiger partial charge in [-0.3, -0.25) is 4.79 Å². The fourth-order valence-electron chi connectivity index (χ4n) is 6.93. The largest absolute Gasteiger partial charge is 0.426 e. The van der Waals surface area contributed by atoms with E-state index in [-0.39, 0.29) is 5.41 Å². The van der Waals surface area contributed by atoms with Crippen LogP contribution < -0.4 is 5.32 Å². The second-order valence-corrected chi connectivity index (χ2v) is 10.7. The fraction of sp³-hybridized carbons (Fsp3) is 0.708. The molecule has 4 bridgehead atoms. The molecule has 0 radical (unpaired) electrons. The van der Waals surface area contributed by atoms with E-state index in [1.807, 2.05) is 13.8 Å². The molecule has 1 aromatic rings. The van der Waals surface area contributed by atoms with Crippen LogP contribution in [-0.2, 0) is 10.2 Å². The average Bonchev–Trinajstić information content (AvgIpc) is 2.67. The van der Waals surface area contributed by atoms with Gasteiger partial charge < -0.3 is 10.4 Å². The SMILES string of the molecule is Cc1ccc(C23CC4CC(CC(C(=O)NCCC(O)(C(F)(F)F)C(F)(F)F)(C4)C2)C3)cc1C. The lowest BCUT2D eigenvalue weighted by Gasteiger charge is -2.61. The number of nitrogens with one attached hydrogen (secondary N) is 1. The number of carbonyl (C=O) groups is 1. The van der Waals surface area contributed by atoms with E-state index in [0.717, 1.165) is 30.4 Å². The minimum Gasteiger partial charge on any atom is -0.374 e. The molecule has 0 saturated heterocycles. The molecule has 0 aliphatic heterocycles. The summed E-state index contributed by atoms with van der Waals surface area (Å²) in [6.07, 6.45) is -8.79. The Morgan fingerprint density at radius 2 is 1.58 bits per heavy atom. The third-order valence-electron chi connectivity index (χ3n) is 8.37. The zero-order valence-corrected chi connectivity index (χ0v) is 18.7. The standard InChI is InChI=1S/C24H29F6NO2/c1-14-3-4-18(7-15(14)2)20-9-16-8-17(10-20)12-21(11-16,13-20)19(32)31-6-5-22(33,23(25,26)27)24(28,29)30/h3-4,7,16-17,33H,5-6,8-13H2,1-2H3,(H,31,32). The number of halogens is 6. The van der Waals surface area contributed by atoms with E-state index in [9.17, 15) is 36.2 Å². The van der Waals surface area contributed by atoms with E-state index in [4.69, 9.17) is 0 Å². The Labute approximate surface area is 188 Å². The first-order chi connectivity index (χ1) is 15.1. The molecule has 0 aromatic heterocycles. The lowest BCUT2D eigenvalue weighted by molar-refractivity contribution is -0.369. The summed E-state index contributed by atoms with van der Waals surface area (Å²) in [6, 6.07) is 6.31. The Bertz CT molecular complexity index is 910. The molecule has 9 heteroatoms. The summed E-state index contributed by atoms with van der Waals surface area (Å²) in [6.45, 7) is 3.16. The van der Waals surface area contributed by atoms with Gasteiger partial charge in [-0.05, 0) is 86.3 Å². The number of aryl methyl sites for hydroxylation is 2. The quantitative estimate of drug-likeness (QED) is 0.550. The number of benzene rings is 1. The lowest BCUT2D eigenvalue weighted by Crippen LogP contribution is -2.60. The van der Waals surface area contributed by atoms with Gasteiger partial charge in [-0.2, -0.15) is 26.3 Å². The highest BCUT2D eigenvalue weighted by Crippen LogP contribution is 2.66. The first-order valence-electron chi connectivity index (χ1n) is 11.3. The summed E-state index contributed by atoms with van der Waals surface area (Å²) in [7, 11) is 0. The van der Waals surface area contributed by atoms with Crippen LogP contribution in [0.3, 0.4) is 0 Å². The number of amides is 1. The Morgan fingerprint density at radius 3 is 2.09 bits per heavy atom. The van der Waals surface area contributed by atoms with Crippen molar-refractivity contribution in [3.05, 3.63) is 34.9 Å². The first kappa shape index (κ1) is 24.4. The van der Waals surface area contributed by atoms with Crippen molar-refractivity contribution in [2.24, 2.45) is 17.3 Å². The van der Waals surface area contributed by atoms with Crippen molar-refractivity contribution < 1.29 is 36.2 Å². The summed E-state index contributed by atoms with van der Waals surface area (Å²) in [5.41, 5.74) is -2.36. The monoisotopic (exact) mass is 477 g/mol. The molecule has 0 spiro atoms. The molecule has 3 nitrogen and oxygen atoms in total. The molecule has 5 rings (SSSR count). The Hall–Kier alpha value is -1.77. The van der Waals surface area contributed by atoms with Gasteiger partial charge in [0.05, 0.1) is 5.41 Å². The molecule has 4 aliphatic rings. The van der Waals surface area contributed by atoms with Crippen molar-refractivity contribution in [3.63, 3.8) is 0 Å². The zero-order chi connectivity index (χ0) is 24.4. The predicted octanol–water partition coefficient (Wildman–Crippen LogP) is 5.50. The maximum Gasteiger partial charge on any atom is 0.426 e.